The van der Waals surface area contributed by atoms with Crippen LogP contribution in [0.1, 0.15) is 6.42 Å². The van der Waals surface area contributed by atoms with E-state index in [2.05, 4.69) is 0 Å². The van der Waals surface area contributed by atoms with Crippen molar-refractivity contribution in [3.8, 4) is 0 Å². The summed E-state index contributed by atoms with van der Waals surface area (Å²) < 4.78 is -16.6. The number of epoxide rings is 1. The van der Waals surface area contributed by atoms with Crippen molar-refractivity contribution in [3.63, 3.8) is 0 Å². The summed E-state index contributed by atoms with van der Waals surface area (Å²) in [7, 11) is 0. The zero-order valence-corrected chi connectivity index (χ0v) is 25.7. The molecule has 18 heteroatoms. The third kappa shape index (κ3) is 5.45. The molecule has 0 spiro atoms. The van der Waals surface area contributed by atoms with Crippen LogP contribution < -0.4 is 0 Å². The molecule has 1 heterocycles. The lowest BCUT2D eigenvalue weighted by Gasteiger charge is -2.54. The van der Waals surface area contributed by atoms with Crippen LogP contribution in [0.2, 0.25) is 0 Å². The number of alkyl halides is 17. The molecule has 0 bridgehead atoms. The highest BCUT2D eigenvalue weighted by Crippen LogP contribution is 2.72. The maximum absolute atomic E-state index is 6.32. The Balaban J connectivity index is 3.52. The first kappa shape index (κ1) is 31.9. The number of halogens is 17. The standard InChI is InChI=1S/C11H5Cl17O/c12-4(13,1-3-2-29-3)5(14,15)6(16,17)7(18,19)8(20,21)9(22,23)10(24,25)11(26,27)28/h3H,1-2H2. The van der Waals surface area contributed by atoms with Crippen LogP contribution in [0, 0.1) is 0 Å². The summed E-state index contributed by atoms with van der Waals surface area (Å²) >= 11 is 104. The number of hydrogen-bond acceptors (Lipinski definition) is 1. The number of rotatable bonds is 8. The third-order valence-electron chi connectivity index (χ3n) is 3.67. The Morgan fingerprint density at radius 1 is 0.483 bits per heavy atom. The van der Waals surface area contributed by atoms with Gasteiger partial charge in [-0.2, -0.15) is 0 Å². The molecule has 0 saturated carbocycles. The quantitative estimate of drug-likeness (QED) is 0.178. The summed E-state index contributed by atoms with van der Waals surface area (Å²) in [5.74, 6) is 0. The normalized spacial score (nSPS) is 20.8. The molecule has 0 aliphatic carbocycles. The van der Waals surface area contributed by atoms with Crippen LogP contribution in [0.5, 0.6) is 0 Å². The van der Waals surface area contributed by atoms with Crippen molar-refractivity contribution >= 4 is 197 Å². The molecule has 29 heavy (non-hydrogen) atoms. The molecule has 0 aromatic heterocycles. The number of ether oxygens (including phenoxy) is 1. The fourth-order valence-electron chi connectivity index (χ4n) is 1.80. The van der Waals surface area contributed by atoms with Crippen LogP contribution in [0.15, 0.2) is 0 Å². The predicted molar refractivity (Wildman–Crippen MR) is 136 cm³/mol. The zero-order chi connectivity index (χ0) is 23.7. The van der Waals surface area contributed by atoms with Gasteiger partial charge in [0.15, 0.2) is 26.0 Å². The van der Waals surface area contributed by atoms with E-state index >= 15 is 0 Å². The Labute approximate surface area is 252 Å². The van der Waals surface area contributed by atoms with E-state index in [1.54, 1.807) is 0 Å². The third-order valence-corrected chi connectivity index (χ3v) is 15.2. The minimum atomic E-state index is -2.95. The fraction of sp³-hybridized carbons (Fsp3) is 1.00. The molecule has 0 N–H and O–H groups in total. The van der Waals surface area contributed by atoms with Gasteiger partial charge in [-0.25, -0.2) is 0 Å². The molecule has 1 saturated heterocycles. The van der Waals surface area contributed by atoms with Crippen LogP contribution in [-0.2, 0) is 4.74 Å². The van der Waals surface area contributed by atoms with Gasteiger partial charge in [0.1, 0.15) is 0 Å². The van der Waals surface area contributed by atoms with Gasteiger partial charge in [0.25, 0.3) is 0 Å². The zero-order valence-electron chi connectivity index (χ0n) is 12.8. The molecule has 0 radical (unpaired) electrons. The van der Waals surface area contributed by atoms with Crippen LogP contribution in [0.25, 0.3) is 0 Å². The summed E-state index contributed by atoms with van der Waals surface area (Å²) in [5.41, 5.74) is 0. The van der Waals surface area contributed by atoms with E-state index in [0.29, 0.717) is 6.61 Å². The van der Waals surface area contributed by atoms with Crippen molar-refractivity contribution in [2.45, 2.75) is 46.7 Å². The molecule has 1 aliphatic rings. The summed E-state index contributed by atoms with van der Waals surface area (Å²) in [6.07, 6.45) is -0.521. The van der Waals surface area contributed by atoms with Gasteiger partial charge < -0.3 is 4.74 Å². The van der Waals surface area contributed by atoms with Gasteiger partial charge in [0, 0.05) is 6.42 Å². The smallest absolute Gasteiger partial charge is 0.226 e. The second-order valence-electron chi connectivity index (χ2n) is 5.81. The summed E-state index contributed by atoms with van der Waals surface area (Å²) in [5, 5.41) is 0. The first-order chi connectivity index (χ1) is 12.3. The summed E-state index contributed by atoms with van der Waals surface area (Å²) in [6, 6.07) is 0. The maximum Gasteiger partial charge on any atom is 0.226 e. The van der Waals surface area contributed by atoms with E-state index in [0.717, 1.165) is 0 Å². The molecule has 0 aromatic carbocycles. The van der Waals surface area contributed by atoms with E-state index in [-0.39, 0.29) is 12.5 Å². The lowest BCUT2D eigenvalue weighted by atomic mass is 10.0. The predicted octanol–water partition coefficient (Wildman–Crippen LogP) is 10.4. The second kappa shape index (κ2) is 9.64. The Morgan fingerprint density at radius 3 is 1.03 bits per heavy atom. The van der Waals surface area contributed by atoms with Gasteiger partial charge in [-0.05, 0) is 0 Å². The average Bonchev–Trinajstić information content (AvgIpc) is 3.27. The van der Waals surface area contributed by atoms with Gasteiger partial charge in [-0.15, -0.1) is 0 Å². The molecule has 1 atom stereocenters. The lowest BCUT2D eigenvalue weighted by Crippen LogP contribution is -2.70. The Morgan fingerprint density at radius 2 is 0.759 bits per heavy atom. The molecule has 1 fully saturated rings. The topological polar surface area (TPSA) is 12.5 Å². The monoisotopic (exact) mass is 748 g/mol. The Kier molecular flexibility index (Phi) is 10.6. The van der Waals surface area contributed by atoms with Crippen LogP contribution >= 0.6 is 197 Å². The van der Waals surface area contributed by atoms with Crippen LogP contribution in [0.4, 0.5) is 0 Å². The molecule has 0 amide bonds. The van der Waals surface area contributed by atoms with Gasteiger partial charge >= 0.3 is 0 Å². The van der Waals surface area contributed by atoms with Crippen LogP contribution in [0.3, 0.4) is 0 Å². The van der Waals surface area contributed by atoms with Gasteiger partial charge in [-0.1, -0.05) is 197 Å². The van der Waals surface area contributed by atoms with E-state index in [1.165, 1.54) is 0 Å². The van der Waals surface area contributed by atoms with E-state index in [9.17, 15) is 0 Å². The highest BCUT2D eigenvalue weighted by Gasteiger charge is 2.81. The average molecular weight is 756 g/mol. The minimum Gasteiger partial charge on any atom is -0.373 e. The fourth-order valence-corrected chi connectivity index (χ4v) is 7.13. The van der Waals surface area contributed by atoms with Crippen molar-refractivity contribution < 1.29 is 4.74 Å². The number of hydrogen-bond donors (Lipinski definition) is 0. The summed E-state index contributed by atoms with van der Waals surface area (Å²) in [4.78, 5) is 0. The van der Waals surface area contributed by atoms with Crippen molar-refractivity contribution in [3.05, 3.63) is 0 Å². The van der Waals surface area contributed by atoms with E-state index in [1.807, 2.05) is 0 Å². The highest BCUT2D eigenvalue weighted by molar-refractivity contribution is 6.83. The Hall–Kier alpha value is 4.89. The second-order valence-corrected chi connectivity index (χ2v) is 17.5. The molecule has 1 unspecified atom stereocenters. The minimum absolute atomic E-state index is 0.137. The SMILES string of the molecule is ClC(Cl)(Cl)C(Cl)(Cl)C(Cl)(Cl)C(Cl)(Cl)C(Cl)(Cl)C(Cl)(Cl)C(Cl)(Cl)C(Cl)(Cl)CC1CO1. The maximum atomic E-state index is 6.32. The summed E-state index contributed by atoms with van der Waals surface area (Å²) in [6.45, 7) is 0.335. The largest absolute Gasteiger partial charge is 0.373 e. The molecule has 1 rings (SSSR count). The van der Waals surface area contributed by atoms with Crippen molar-refractivity contribution in [2.24, 2.45) is 0 Å². The molecule has 1 aliphatic heterocycles. The van der Waals surface area contributed by atoms with Crippen molar-refractivity contribution in [1.29, 1.82) is 0 Å². The van der Waals surface area contributed by atoms with Gasteiger partial charge in [0.2, 0.25) is 8.13 Å². The molecule has 0 aromatic rings. The highest BCUT2D eigenvalue weighted by atomic mass is 35.6. The van der Waals surface area contributed by atoms with Crippen molar-refractivity contribution in [1.82, 2.24) is 0 Å². The Bertz CT molecular complexity index is 613. The molecular weight excluding hydrogens is 751 g/mol. The first-order valence-electron chi connectivity index (χ1n) is 6.66. The van der Waals surface area contributed by atoms with Gasteiger partial charge in [0.05, 0.1) is 12.7 Å². The molecule has 1 nitrogen and oxygen atoms in total. The van der Waals surface area contributed by atoms with E-state index in [4.69, 9.17) is 202 Å². The first-order valence-corrected chi connectivity index (χ1v) is 13.1. The molecule has 174 valence electrons. The van der Waals surface area contributed by atoms with Gasteiger partial charge in [-0.3, -0.25) is 0 Å². The van der Waals surface area contributed by atoms with Crippen LogP contribution in [-0.4, -0.2) is 46.8 Å². The lowest BCUT2D eigenvalue weighted by molar-refractivity contribution is 0.369. The van der Waals surface area contributed by atoms with E-state index < -0.39 is 34.1 Å². The van der Waals surface area contributed by atoms with Crippen molar-refractivity contribution in [2.75, 3.05) is 6.61 Å². The molecular formula is C11H5Cl17O.